The molecule has 0 fully saturated rings. The minimum atomic E-state index is -0.165. The minimum absolute atomic E-state index is 0.165. The second kappa shape index (κ2) is 4.40. The second-order valence-electron chi connectivity index (χ2n) is 1.81. The van der Waals surface area contributed by atoms with Crippen LogP contribution in [0.3, 0.4) is 0 Å². The van der Waals surface area contributed by atoms with Crippen LogP contribution >= 0.6 is 68.3 Å². The van der Waals surface area contributed by atoms with Gasteiger partial charge in [-0.2, -0.15) is 0 Å². The molecule has 0 radical (unpaired) electrons. The number of hydrogen-bond acceptors (Lipinski definition) is 1. The fraction of sp³-hybridized carbons (Fsp3) is 0. The maximum absolute atomic E-state index is 12.9. The third-order valence-corrected chi connectivity index (χ3v) is 3.22. The highest BCUT2D eigenvalue weighted by atomic mass is 127. The van der Waals surface area contributed by atoms with E-state index in [9.17, 15) is 4.39 Å². The fourth-order valence-corrected chi connectivity index (χ4v) is 2.95. The number of nitrogens with zero attached hydrogens (tertiary/aromatic N) is 1. The van der Waals surface area contributed by atoms with Crippen molar-refractivity contribution in [1.29, 1.82) is 0 Å². The first-order valence-corrected chi connectivity index (χ1v) is 5.69. The molecule has 0 unspecified atom stereocenters. The van der Waals surface area contributed by atoms with Crippen LogP contribution in [0.15, 0.2) is 18.2 Å². The van der Waals surface area contributed by atoms with Crippen molar-refractivity contribution in [2.45, 2.75) is 0 Å². The zero-order chi connectivity index (χ0) is 8.43. The molecule has 0 bridgehead atoms. The zero-order valence-electron chi connectivity index (χ0n) is 5.19. The molecule has 0 amide bonds. The number of benzene rings is 1. The van der Waals surface area contributed by atoms with Gasteiger partial charge in [-0.15, -0.1) is 0 Å². The Bertz CT molecular complexity index is 264. The number of hydrogen-bond donors (Lipinski definition) is 0. The monoisotopic (exact) mass is 489 g/mol. The lowest BCUT2D eigenvalue weighted by molar-refractivity contribution is 0.621. The summed E-state index contributed by atoms with van der Waals surface area (Å²) < 4.78 is 15.4. The van der Waals surface area contributed by atoms with Crippen LogP contribution in [0.1, 0.15) is 0 Å². The van der Waals surface area contributed by atoms with E-state index in [1.54, 1.807) is 6.07 Å². The molecule has 0 aromatic heterocycles. The summed E-state index contributed by atoms with van der Waals surface area (Å²) in [5.41, 5.74) is 0.895. The van der Waals surface area contributed by atoms with Gasteiger partial charge in [0.25, 0.3) is 0 Å². The number of anilines is 1. The molecule has 1 aromatic rings. The second-order valence-corrected chi connectivity index (χ2v) is 6.66. The van der Waals surface area contributed by atoms with E-state index in [1.165, 1.54) is 6.07 Å². The Morgan fingerprint density at radius 1 is 1.27 bits per heavy atom. The van der Waals surface area contributed by atoms with Crippen LogP contribution in [0.25, 0.3) is 0 Å². The van der Waals surface area contributed by atoms with Crippen LogP contribution in [0.4, 0.5) is 10.1 Å². The Labute approximate surface area is 106 Å². The van der Waals surface area contributed by atoms with E-state index in [4.69, 9.17) is 0 Å². The predicted octanol–water partition coefficient (Wildman–Crippen LogP) is 3.94. The summed E-state index contributed by atoms with van der Waals surface area (Å²) in [7, 11) is 0. The normalized spacial score (nSPS) is 9.82. The third-order valence-electron chi connectivity index (χ3n) is 1.11. The standard InChI is InChI=1S/C6H3FI3N/c7-4-2-1-3-5(6(4)8)11(9)10/h1-3H. The summed E-state index contributed by atoms with van der Waals surface area (Å²) in [6.45, 7) is 0. The van der Waals surface area contributed by atoms with Gasteiger partial charge in [0, 0.05) is 0 Å². The summed E-state index contributed by atoms with van der Waals surface area (Å²) in [5, 5.41) is 0. The lowest BCUT2D eigenvalue weighted by Crippen LogP contribution is -1.94. The van der Waals surface area contributed by atoms with Gasteiger partial charge in [0.15, 0.2) is 0 Å². The Morgan fingerprint density at radius 2 is 1.91 bits per heavy atom. The Balaban J connectivity index is 3.17. The first kappa shape index (κ1) is 10.2. The average molecular weight is 489 g/mol. The highest BCUT2D eigenvalue weighted by Crippen LogP contribution is 2.29. The van der Waals surface area contributed by atoms with Crippen LogP contribution in [0.2, 0.25) is 0 Å². The summed E-state index contributed by atoms with van der Waals surface area (Å²) in [5.74, 6) is -0.165. The molecule has 1 rings (SSSR count). The van der Waals surface area contributed by atoms with E-state index >= 15 is 0 Å². The highest BCUT2D eigenvalue weighted by Gasteiger charge is 2.07. The van der Waals surface area contributed by atoms with Crippen molar-refractivity contribution in [2.24, 2.45) is 0 Å². The first-order valence-electron chi connectivity index (χ1n) is 2.68. The molecule has 0 aliphatic rings. The maximum Gasteiger partial charge on any atom is 0.138 e. The van der Waals surface area contributed by atoms with Crippen molar-refractivity contribution in [2.75, 3.05) is 1.33 Å². The van der Waals surface area contributed by atoms with Crippen molar-refractivity contribution in [3.05, 3.63) is 27.6 Å². The maximum atomic E-state index is 12.9. The number of rotatable bonds is 1. The van der Waals surface area contributed by atoms with Crippen molar-refractivity contribution >= 4 is 74.0 Å². The summed E-state index contributed by atoms with van der Waals surface area (Å²) in [6.07, 6.45) is 0. The first-order chi connectivity index (χ1) is 5.13. The van der Waals surface area contributed by atoms with E-state index in [2.05, 4.69) is 45.7 Å². The molecule has 0 atom stereocenters. The van der Waals surface area contributed by atoms with Crippen LogP contribution in [-0.4, -0.2) is 0 Å². The van der Waals surface area contributed by atoms with Crippen molar-refractivity contribution in [1.82, 2.24) is 0 Å². The molecule has 0 N–H and O–H groups in total. The van der Waals surface area contributed by atoms with Crippen molar-refractivity contribution in [3.63, 3.8) is 0 Å². The molecule has 0 aliphatic carbocycles. The van der Waals surface area contributed by atoms with Gasteiger partial charge in [-0.3, -0.25) is 1.33 Å². The van der Waals surface area contributed by atoms with Gasteiger partial charge >= 0.3 is 0 Å². The lowest BCUT2D eigenvalue weighted by Gasteiger charge is -2.08. The average Bonchev–Trinajstić information content (AvgIpc) is 1.94. The minimum Gasteiger partial charge on any atom is -0.254 e. The molecule has 0 saturated heterocycles. The molecular weight excluding hydrogens is 486 g/mol. The molecule has 0 heterocycles. The van der Waals surface area contributed by atoms with Crippen molar-refractivity contribution in [3.8, 4) is 0 Å². The van der Waals surface area contributed by atoms with Crippen molar-refractivity contribution < 1.29 is 4.39 Å². The van der Waals surface area contributed by atoms with E-state index in [-0.39, 0.29) is 5.82 Å². The molecule has 0 aliphatic heterocycles. The van der Waals surface area contributed by atoms with Gasteiger partial charge in [-0.25, -0.2) is 4.39 Å². The molecule has 1 nitrogen and oxygen atoms in total. The highest BCUT2D eigenvalue weighted by molar-refractivity contribution is 14.2. The summed E-state index contributed by atoms with van der Waals surface area (Å²) >= 11 is 6.19. The molecule has 5 heteroatoms. The van der Waals surface area contributed by atoms with E-state index in [0.29, 0.717) is 3.57 Å². The van der Waals surface area contributed by atoms with Crippen LogP contribution in [-0.2, 0) is 0 Å². The van der Waals surface area contributed by atoms with Gasteiger partial charge in [0.2, 0.25) is 0 Å². The fourth-order valence-electron chi connectivity index (χ4n) is 0.623. The molecule has 1 aromatic carbocycles. The van der Waals surface area contributed by atoms with E-state index in [0.717, 1.165) is 5.69 Å². The number of halogens is 4. The van der Waals surface area contributed by atoms with Crippen LogP contribution < -0.4 is 1.33 Å². The van der Waals surface area contributed by atoms with Gasteiger partial charge < -0.3 is 0 Å². The van der Waals surface area contributed by atoms with Crippen LogP contribution in [0.5, 0.6) is 0 Å². The predicted molar refractivity (Wildman–Crippen MR) is 69.6 cm³/mol. The SMILES string of the molecule is Fc1cccc(N(I)I)c1I. The zero-order valence-corrected chi connectivity index (χ0v) is 11.7. The Morgan fingerprint density at radius 3 is 2.36 bits per heavy atom. The lowest BCUT2D eigenvalue weighted by atomic mass is 10.3. The largest absolute Gasteiger partial charge is 0.254 e. The molecule has 11 heavy (non-hydrogen) atoms. The quantitative estimate of drug-likeness (QED) is 0.428. The van der Waals surface area contributed by atoms with Gasteiger partial charge in [-0.05, 0) is 34.7 Å². The topological polar surface area (TPSA) is 3.24 Å². The van der Waals surface area contributed by atoms with Gasteiger partial charge in [-0.1, -0.05) is 6.07 Å². The Hall–Kier alpha value is 1.14. The molecular formula is C6H3FI3N. The molecule has 0 saturated carbocycles. The van der Waals surface area contributed by atoms with Crippen LogP contribution in [0, 0.1) is 9.39 Å². The smallest absolute Gasteiger partial charge is 0.138 e. The van der Waals surface area contributed by atoms with E-state index in [1.807, 2.05) is 30.0 Å². The molecule has 0 spiro atoms. The van der Waals surface area contributed by atoms with Gasteiger partial charge in [0.05, 0.1) is 55.0 Å². The Kier molecular flexibility index (Phi) is 4.09. The van der Waals surface area contributed by atoms with Gasteiger partial charge in [0.1, 0.15) is 5.82 Å². The summed E-state index contributed by atoms with van der Waals surface area (Å²) in [4.78, 5) is 0. The summed E-state index contributed by atoms with van der Waals surface area (Å²) in [6, 6.07) is 5.04. The van der Waals surface area contributed by atoms with E-state index < -0.39 is 0 Å². The third kappa shape index (κ3) is 2.54. The molecule has 60 valence electrons.